The average molecular weight is 411 g/mol. The van der Waals surface area contributed by atoms with Crippen LogP contribution in [-0.2, 0) is 14.9 Å². The van der Waals surface area contributed by atoms with Gasteiger partial charge in [-0.15, -0.1) is 6.58 Å². The first-order chi connectivity index (χ1) is 12.9. The first kappa shape index (κ1) is 20.8. The summed E-state index contributed by atoms with van der Waals surface area (Å²) in [6, 6.07) is 10.6. The molecule has 0 aromatic heterocycles. The van der Waals surface area contributed by atoms with E-state index in [0.717, 1.165) is 4.31 Å². The largest absolute Gasteiger partial charge is 0.495 e. The maximum absolute atomic E-state index is 13.3. The molecule has 0 aliphatic heterocycles. The Balaban J connectivity index is 2.59. The molecule has 0 aliphatic rings. The van der Waals surface area contributed by atoms with Gasteiger partial charge in [0, 0.05) is 0 Å². The predicted octanol–water partition coefficient (Wildman–Crippen LogP) is 3.02. The molecule has 0 spiro atoms. The normalized spacial score (nSPS) is 10.9. The number of anilines is 1. The molecule has 27 heavy (non-hydrogen) atoms. The first-order valence-corrected chi connectivity index (χ1v) is 9.58. The van der Waals surface area contributed by atoms with Crippen molar-refractivity contribution in [3.8, 4) is 5.75 Å². The maximum atomic E-state index is 13.3. The highest BCUT2D eigenvalue weighted by Crippen LogP contribution is 2.33. The Morgan fingerprint density at radius 1 is 1.26 bits per heavy atom. The van der Waals surface area contributed by atoms with E-state index in [0.29, 0.717) is 11.4 Å². The Morgan fingerprint density at radius 3 is 2.59 bits per heavy atom. The highest BCUT2D eigenvalue weighted by Gasteiger charge is 2.27. The number of amides is 1. The molecule has 7 nitrogen and oxygen atoms in total. The number of nitrogens with one attached hydrogen (secondary N) is 1. The molecule has 2 rings (SSSR count). The number of carbonyl (C=O) groups excluding carboxylic acids is 1. The van der Waals surface area contributed by atoms with Crippen molar-refractivity contribution in [1.82, 2.24) is 5.48 Å². The van der Waals surface area contributed by atoms with Gasteiger partial charge in [0.25, 0.3) is 15.9 Å². The van der Waals surface area contributed by atoms with Crippen LogP contribution in [0.1, 0.15) is 10.4 Å². The van der Waals surface area contributed by atoms with E-state index >= 15 is 0 Å². The van der Waals surface area contributed by atoms with E-state index in [1.54, 1.807) is 24.3 Å². The molecule has 0 saturated carbocycles. The van der Waals surface area contributed by atoms with Crippen LogP contribution in [0.5, 0.6) is 5.75 Å². The van der Waals surface area contributed by atoms with E-state index in [-0.39, 0.29) is 22.0 Å². The number of ether oxygens (including phenoxy) is 1. The van der Waals surface area contributed by atoms with Crippen molar-refractivity contribution in [3.05, 3.63) is 65.7 Å². The molecule has 0 radical (unpaired) electrons. The Bertz CT molecular complexity index is 947. The minimum atomic E-state index is -4.03. The van der Waals surface area contributed by atoms with Crippen LogP contribution in [0.15, 0.2) is 60.0 Å². The Hall–Kier alpha value is -2.55. The van der Waals surface area contributed by atoms with E-state index in [4.69, 9.17) is 16.3 Å². The summed E-state index contributed by atoms with van der Waals surface area (Å²) in [6.45, 7) is 3.63. The second-order valence-electron chi connectivity index (χ2n) is 5.27. The standard InChI is InChI=1S/C18H19ClN2O5S/c1-4-11-21(16-7-5-6-8-17(16)25-2)27(23,24)13-9-10-15(19)14(12-13)18(22)20-26-3/h4-10,12H,1,11H2,2-3H3,(H,20,22). The Labute approximate surface area is 163 Å². The summed E-state index contributed by atoms with van der Waals surface area (Å²) in [7, 11) is -1.32. The monoisotopic (exact) mass is 410 g/mol. The van der Waals surface area contributed by atoms with Gasteiger partial charge in [-0.3, -0.25) is 13.9 Å². The van der Waals surface area contributed by atoms with Crippen LogP contribution in [-0.4, -0.2) is 35.1 Å². The molecule has 0 atom stereocenters. The summed E-state index contributed by atoms with van der Waals surface area (Å²) >= 11 is 6.02. The van der Waals surface area contributed by atoms with E-state index < -0.39 is 15.9 Å². The zero-order chi connectivity index (χ0) is 20.0. The summed E-state index contributed by atoms with van der Waals surface area (Å²) in [5.41, 5.74) is 2.43. The zero-order valence-corrected chi connectivity index (χ0v) is 16.4. The van der Waals surface area contributed by atoms with Crippen LogP contribution in [0.4, 0.5) is 5.69 Å². The molecule has 9 heteroatoms. The van der Waals surface area contributed by atoms with Crippen LogP contribution < -0.4 is 14.5 Å². The molecule has 0 saturated heterocycles. The third-order valence-electron chi connectivity index (χ3n) is 3.61. The number of methoxy groups -OCH3 is 1. The summed E-state index contributed by atoms with van der Waals surface area (Å²) in [4.78, 5) is 16.5. The minimum Gasteiger partial charge on any atom is -0.495 e. The third-order valence-corrected chi connectivity index (χ3v) is 5.72. The second-order valence-corrected chi connectivity index (χ2v) is 7.54. The number of nitrogens with zero attached hydrogens (tertiary/aromatic N) is 1. The summed E-state index contributed by atoms with van der Waals surface area (Å²) in [5.74, 6) is -0.277. The molecule has 1 amide bonds. The van der Waals surface area contributed by atoms with Crippen LogP contribution >= 0.6 is 11.6 Å². The van der Waals surface area contributed by atoms with Crippen molar-refractivity contribution >= 4 is 33.2 Å². The highest BCUT2D eigenvalue weighted by atomic mass is 35.5. The van der Waals surface area contributed by atoms with Crippen LogP contribution in [0, 0.1) is 0 Å². The van der Waals surface area contributed by atoms with Gasteiger partial charge in [-0.1, -0.05) is 29.8 Å². The van der Waals surface area contributed by atoms with Crippen LogP contribution in [0.25, 0.3) is 0 Å². The fraction of sp³-hybridized carbons (Fsp3) is 0.167. The number of carbonyl (C=O) groups is 1. The van der Waals surface area contributed by atoms with Crippen molar-refractivity contribution in [2.45, 2.75) is 4.90 Å². The van der Waals surface area contributed by atoms with Gasteiger partial charge in [-0.2, -0.15) is 0 Å². The van der Waals surface area contributed by atoms with Crippen LogP contribution in [0.2, 0.25) is 5.02 Å². The van der Waals surface area contributed by atoms with Crippen molar-refractivity contribution < 1.29 is 22.8 Å². The smallest absolute Gasteiger partial charge is 0.276 e. The van der Waals surface area contributed by atoms with Gasteiger partial charge >= 0.3 is 0 Å². The number of rotatable bonds is 8. The number of halogens is 1. The lowest BCUT2D eigenvalue weighted by molar-refractivity contribution is 0.0537. The lowest BCUT2D eigenvalue weighted by Gasteiger charge is -2.25. The predicted molar refractivity (Wildman–Crippen MR) is 104 cm³/mol. The first-order valence-electron chi connectivity index (χ1n) is 7.76. The molecule has 0 fully saturated rings. The lowest BCUT2D eigenvalue weighted by Crippen LogP contribution is -2.32. The summed E-state index contributed by atoms with van der Waals surface area (Å²) in [5, 5.41) is 0.0936. The zero-order valence-electron chi connectivity index (χ0n) is 14.8. The Kier molecular flexibility index (Phi) is 6.84. The van der Waals surface area contributed by atoms with Gasteiger partial charge in [0.05, 0.1) is 41.9 Å². The number of benzene rings is 2. The molecule has 1 N–H and O–H groups in total. The number of hydroxylamine groups is 1. The molecule has 144 valence electrons. The average Bonchev–Trinajstić information content (AvgIpc) is 2.66. The molecule has 0 aliphatic carbocycles. The number of hydrogen-bond donors (Lipinski definition) is 1. The van der Waals surface area contributed by atoms with E-state index in [1.165, 1.54) is 38.5 Å². The SMILES string of the molecule is C=CCN(c1ccccc1OC)S(=O)(=O)c1ccc(Cl)c(C(=O)NOC)c1. The van der Waals surface area contributed by atoms with Crippen molar-refractivity contribution in [2.24, 2.45) is 0 Å². The number of hydrogen-bond acceptors (Lipinski definition) is 5. The molecule has 0 bridgehead atoms. The molecule has 0 heterocycles. The van der Waals surface area contributed by atoms with E-state index in [9.17, 15) is 13.2 Å². The topological polar surface area (TPSA) is 84.9 Å². The lowest BCUT2D eigenvalue weighted by atomic mass is 10.2. The number of sulfonamides is 1. The van der Waals surface area contributed by atoms with Gasteiger partial charge in [0.15, 0.2) is 0 Å². The second kappa shape index (κ2) is 8.90. The van der Waals surface area contributed by atoms with Gasteiger partial charge in [0.1, 0.15) is 5.75 Å². The quantitative estimate of drug-likeness (QED) is 0.534. The molecular weight excluding hydrogens is 392 g/mol. The third kappa shape index (κ3) is 4.41. The fourth-order valence-electron chi connectivity index (χ4n) is 2.39. The highest BCUT2D eigenvalue weighted by molar-refractivity contribution is 7.92. The van der Waals surface area contributed by atoms with Gasteiger partial charge < -0.3 is 4.74 Å². The van der Waals surface area contributed by atoms with Crippen molar-refractivity contribution in [1.29, 1.82) is 0 Å². The van der Waals surface area contributed by atoms with Crippen LogP contribution in [0.3, 0.4) is 0 Å². The summed E-state index contributed by atoms with van der Waals surface area (Å²) in [6.07, 6.45) is 1.46. The van der Waals surface area contributed by atoms with E-state index in [1.807, 2.05) is 0 Å². The minimum absolute atomic E-state index is 0.00489. The molecule has 2 aromatic carbocycles. The maximum Gasteiger partial charge on any atom is 0.276 e. The van der Waals surface area contributed by atoms with E-state index in [2.05, 4.69) is 16.9 Å². The van der Waals surface area contributed by atoms with Gasteiger partial charge in [-0.25, -0.2) is 13.9 Å². The fourth-order valence-corrected chi connectivity index (χ4v) is 4.07. The van der Waals surface area contributed by atoms with Gasteiger partial charge in [0.2, 0.25) is 0 Å². The summed E-state index contributed by atoms with van der Waals surface area (Å²) < 4.78 is 32.9. The van der Waals surface area contributed by atoms with Crippen molar-refractivity contribution in [3.63, 3.8) is 0 Å². The molecular formula is C18H19ClN2O5S. The number of para-hydroxylation sites is 2. The Morgan fingerprint density at radius 2 is 1.96 bits per heavy atom. The molecule has 0 unspecified atom stereocenters. The molecule has 2 aromatic rings. The van der Waals surface area contributed by atoms with Crippen molar-refractivity contribution in [2.75, 3.05) is 25.1 Å². The van der Waals surface area contributed by atoms with Gasteiger partial charge in [-0.05, 0) is 30.3 Å².